The van der Waals surface area contributed by atoms with Crippen molar-refractivity contribution in [2.45, 2.75) is 44.6 Å². The highest BCUT2D eigenvalue weighted by atomic mass is 19.4. The molecule has 0 unspecified atom stereocenters. The highest BCUT2D eigenvalue weighted by Gasteiger charge is 2.33. The third kappa shape index (κ3) is 7.70. The van der Waals surface area contributed by atoms with Gasteiger partial charge in [0.1, 0.15) is 24.4 Å². The molecule has 1 aliphatic heterocycles. The minimum absolute atomic E-state index is 0.0490. The lowest BCUT2D eigenvalue weighted by molar-refractivity contribution is -0.141. The number of carbonyl (C=O) groups excluding carboxylic acids is 4. The van der Waals surface area contributed by atoms with E-state index in [1.165, 1.54) is 24.1 Å². The Morgan fingerprint density at radius 3 is 2.63 bits per heavy atom. The Kier molecular flexibility index (Phi) is 9.31. The van der Waals surface area contributed by atoms with Crippen LogP contribution in [0.5, 0.6) is 5.75 Å². The maximum Gasteiger partial charge on any atom is 0.435 e. The molecule has 3 rings (SSSR count). The number of rotatable bonds is 5. The SMILES string of the molecule is C[C@@H]1NC(=O)C[C@@H](C(=O)NCCCn2ccc(C(F)(F)F)n2)NC(=O)c2ccccc2OCCN(C)C1=O. The van der Waals surface area contributed by atoms with Gasteiger partial charge in [-0.3, -0.25) is 23.9 Å². The molecule has 0 spiro atoms. The summed E-state index contributed by atoms with van der Waals surface area (Å²) in [4.78, 5) is 52.5. The van der Waals surface area contributed by atoms with Gasteiger partial charge in [0.2, 0.25) is 17.7 Å². The van der Waals surface area contributed by atoms with Gasteiger partial charge in [-0.1, -0.05) is 12.1 Å². The monoisotopic (exact) mass is 538 g/mol. The highest BCUT2D eigenvalue weighted by Crippen LogP contribution is 2.27. The first-order chi connectivity index (χ1) is 18.0. The summed E-state index contributed by atoms with van der Waals surface area (Å²) in [5, 5.41) is 11.1. The van der Waals surface area contributed by atoms with E-state index in [0.29, 0.717) is 0 Å². The quantitative estimate of drug-likeness (QED) is 0.486. The Bertz CT molecular complexity index is 1170. The zero-order valence-electron chi connectivity index (χ0n) is 20.9. The molecule has 38 heavy (non-hydrogen) atoms. The summed E-state index contributed by atoms with van der Waals surface area (Å²) in [5.74, 6) is -2.05. The van der Waals surface area contributed by atoms with Gasteiger partial charge in [0.05, 0.1) is 18.5 Å². The van der Waals surface area contributed by atoms with E-state index in [1.54, 1.807) is 25.2 Å². The van der Waals surface area contributed by atoms with Crippen molar-refractivity contribution in [3.63, 3.8) is 0 Å². The number of ether oxygens (including phenoxy) is 1. The molecule has 0 aliphatic carbocycles. The molecule has 2 atom stereocenters. The van der Waals surface area contributed by atoms with Crippen molar-refractivity contribution in [2.24, 2.45) is 0 Å². The molecule has 4 amide bonds. The first-order valence-corrected chi connectivity index (χ1v) is 11.9. The number of benzene rings is 1. The van der Waals surface area contributed by atoms with Crippen molar-refractivity contribution >= 4 is 23.6 Å². The number of halogens is 3. The first-order valence-electron chi connectivity index (χ1n) is 11.9. The van der Waals surface area contributed by atoms with Gasteiger partial charge in [-0.25, -0.2) is 0 Å². The summed E-state index contributed by atoms with van der Waals surface area (Å²) in [6.45, 7) is 1.97. The molecular formula is C24H29F3N6O5. The molecule has 2 aromatic rings. The summed E-state index contributed by atoms with van der Waals surface area (Å²) in [7, 11) is 1.56. The fraction of sp³-hybridized carbons (Fsp3) is 0.458. The van der Waals surface area contributed by atoms with Crippen LogP contribution in [0.15, 0.2) is 36.5 Å². The van der Waals surface area contributed by atoms with Gasteiger partial charge in [0.15, 0.2) is 5.69 Å². The van der Waals surface area contributed by atoms with Gasteiger partial charge in [-0.05, 0) is 31.5 Å². The van der Waals surface area contributed by atoms with E-state index < -0.39 is 48.1 Å². The van der Waals surface area contributed by atoms with Gasteiger partial charge in [-0.15, -0.1) is 0 Å². The fourth-order valence-electron chi connectivity index (χ4n) is 3.72. The molecule has 0 radical (unpaired) electrons. The van der Waals surface area contributed by atoms with Crippen LogP contribution >= 0.6 is 0 Å². The summed E-state index contributed by atoms with van der Waals surface area (Å²) in [5.41, 5.74) is -0.873. The van der Waals surface area contributed by atoms with Gasteiger partial charge < -0.3 is 25.6 Å². The number of amides is 4. The van der Waals surface area contributed by atoms with Crippen molar-refractivity contribution in [3.8, 4) is 5.75 Å². The molecule has 1 aromatic carbocycles. The van der Waals surface area contributed by atoms with Crippen LogP contribution in [-0.2, 0) is 27.1 Å². The molecular weight excluding hydrogens is 509 g/mol. The van der Waals surface area contributed by atoms with Gasteiger partial charge >= 0.3 is 6.18 Å². The number of nitrogens with zero attached hydrogens (tertiary/aromatic N) is 3. The third-order valence-electron chi connectivity index (χ3n) is 5.75. The number of aryl methyl sites for hydroxylation is 1. The Morgan fingerprint density at radius 1 is 1.18 bits per heavy atom. The van der Waals surface area contributed by atoms with Crippen LogP contribution in [-0.4, -0.2) is 77.1 Å². The third-order valence-corrected chi connectivity index (χ3v) is 5.75. The molecule has 0 bridgehead atoms. The lowest BCUT2D eigenvalue weighted by atomic mass is 10.1. The molecule has 2 heterocycles. The Morgan fingerprint density at radius 2 is 1.92 bits per heavy atom. The van der Waals surface area contributed by atoms with Crippen LogP contribution in [0.25, 0.3) is 0 Å². The Labute approximate surface area is 216 Å². The number of para-hydroxylation sites is 1. The second-order valence-corrected chi connectivity index (χ2v) is 8.73. The van der Waals surface area contributed by atoms with E-state index in [0.717, 1.165) is 10.7 Å². The molecule has 0 saturated heterocycles. The molecule has 3 N–H and O–H groups in total. The normalized spacial score (nSPS) is 19.5. The van der Waals surface area contributed by atoms with Crippen LogP contribution < -0.4 is 20.7 Å². The van der Waals surface area contributed by atoms with Crippen LogP contribution in [0.4, 0.5) is 13.2 Å². The van der Waals surface area contributed by atoms with E-state index >= 15 is 0 Å². The van der Waals surface area contributed by atoms with E-state index in [4.69, 9.17) is 4.74 Å². The molecule has 11 nitrogen and oxygen atoms in total. The number of aromatic nitrogens is 2. The molecule has 206 valence electrons. The fourth-order valence-corrected chi connectivity index (χ4v) is 3.72. The Hall–Kier alpha value is -4.10. The van der Waals surface area contributed by atoms with Crippen molar-refractivity contribution in [1.82, 2.24) is 30.6 Å². The van der Waals surface area contributed by atoms with Gasteiger partial charge in [0, 0.05) is 26.3 Å². The van der Waals surface area contributed by atoms with Crippen molar-refractivity contribution in [2.75, 3.05) is 26.7 Å². The lowest BCUT2D eigenvalue weighted by Crippen LogP contribution is -2.52. The average molecular weight is 539 g/mol. The number of hydrogen-bond acceptors (Lipinski definition) is 6. The van der Waals surface area contributed by atoms with Gasteiger partial charge in [-0.2, -0.15) is 18.3 Å². The minimum Gasteiger partial charge on any atom is -0.491 e. The van der Waals surface area contributed by atoms with Crippen LogP contribution in [0.3, 0.4) is 0 Å². The maximum absolute atomic E-state index is 13.0. The first kappa shape index (κ1) is 28.5. The van der Waals surface area contributed by atoms with Gasteiger partial charge in [0.25, 0.3) is 5.91 Å². The zero-order chi connectivity index (χ0) is 27.9. The topological polar surface area (TPSA) is 135 Å². The number of likely N-dealkylation sites (N-methyl/N-ethyl adjacent to an activating group) is 1. The smallest absolute Gasteiger partial charge is 0.435 e. The lowest BCUT2D eigenvalue weighted by Gasteiger charge is -2.25. The predicted octanol–water partition coefficient (Wildman–Crippen LogP) is 0.952. The summed E-state index contributed by atoms with van der Waals surface area (Å²) >= 11 is 0. The largest absolute Gasteiger partial charge is 0.491 e. The van der Waals surface area contributed by atoms with Crippen LogP contribution in [0.1, 0.15) is 35.8 Å². The van der Waals surface area contributed by atoms with E-state index in [1.807, 2.05) is 0 Å². The second kappa shape index (κ2) is 12.4. The van der Waals surface area contributed by atoms with Crippen molar-refractivity contribution < 1.29 is 37.1 Å². The van der Waals surface area contributed by atoms with Crippen LogP contribution in [0, 0.1) is 0 Å². The molecule has 0 fully saturated rings. The van der Waals surface area contributed by atoms with Crippen LogP contribution in [0.2, 0.25) is 0 Å². The zero-order valence-corrected chi connectivity index (χ0v) is 20.9. The minimum atomic E-state index is -4.55. The van der Waals surface area contributed by atoms with E-state index in [2.05, 4.69) is 21.0 Å². The average Bonchev–Trinajstić information content (AvgIpc) is 3.35. The summed E-state index contributed by atoms with van der Waals surface area (Å²) in [6.07, 6.45) is -3.57. The highest BCUT2D eigenvalue weighted by molar-refractivity contribution is 6.01. The molecule has 1 aromatic heterocycles. The molecule has 14 heteroatoms. The number of fused-ring (bicyclic) bond motifs is 1. The molecule has 1 aliphatic rings. The van der Waals surface area contributed by atoms with Crippen molar-refractivity contribution in [1.29, 1.82) is 0 Å². The van der Waals surface area contributed by atoms with E-state index in [9.17, 15) is 32.3 Å². The Balaban J connectivity index is 1.69. The second-order valence-electron chi connectivity index (χ2n) is 8.73. The van der Waals surface area contributed by atoms with E-state index in [-0.39, 0.29) is 49.9 Å². The number of nitrogens with one attached hydrogen (secondary N) is 3. The summed E-state index contributed by atoms with van der Waals surface area (Å²) < 4.78 is 44.9. The number of alkyl halides is 3. The summed E-state index contributed by atoms with van der Waals surface area (Å²) in [6, 6.07) is 5.05. The maximum atomic E-state index is 13.0. The number of carbonyl (C=O) groups is 4. The number of hydrogen-bond donors (Lipinski definition) is 3. The molecule has 0 saturated carbocycles. The predicted molar refractivity (Wildman–Crippen MR) is 128 cm³/mol. The van der Waals surface area contributed by atoms with Crippen molar-refractivity contribution in [3.05, 3.63) is 47.8 Å². The standard InChI is InChI=1S/C24H29F3N6O5/c1-15-23(37)32(2)12-13-38-18-7-4-3-6-16(18)21(35)30-17(14-20(34)29-15)22(36)28-9-5-10-33-11-8-19(31-33)24(25,26)27/h3-4,6-8,11,15,17H,5,9-10,12-14H2,1-2H3,(H,28,36)(H,29,34)(H,30,35)/t15-,17-/m0/s1.